The van der Waals surface area contributed by atoms with Crippen molar-refractivity contribution in [2.24, 2.45) is 0 Å². The van der Waals surface area contributed by atoms with Crippen LogP contribution in [-0.2, 0) is 9.59 Å². The molecule has 0 radical (unpaired) electrons. The summed E-state index contributed by atoms with van der Waals surface area (Å²) in [4.78, 5) is 43.0. The number of rotatable bonds is 4. The first-order chi connectivity index (χ1) is 12.9. The number of likely N-dealkylation sites (tertiary alicyclic amines) is 1. The second-order valence-electron chi connectivity index (χ2n) is 6.76. The highest BCUT2D eigenvalue weighted by molar-refractivity contribution is 5.97. The number of carbonyl (C=O) groups is 3. The van der Waals surface area contributed by atoms with Gasteiger partial charge in [0.1, 0.15) is 6.54 Å². The predicted octanol–water partition coefficient (Wildman–Crippen LogP) is 1.46. The molecule has 0 spiro atoms. The van der Waals surface area contributed by atoms with Crippen molar-refractivity contribution in [3.8, 4) is 0 Å². The summed E-state index contributed by atoms with van der Waals surface area (Å²) in [7, 11) is 0. The van der Waals surface area contributed by atoms with Gasteiger partial charge in [-0.2, -0.15) is 0 Å². The van der Waals surface area contributed by atoms with Crippen LogP contribution in [0.1, 0.15) is 42.2 Å². The summed E-state index contributed by atoms with van der Waals surface area (Å²) in [5.74, 6) is -1.44. The van der Waals surface area contributed by atoms with Gasteiger partial charge in [-0.25, -0.2) is 4.98 Å². The Kier molecular flexibility index (Phi) is 5.38. The molecule has 2 aromatic rings. The fourth-order valence-corrected chi connectivity index (χ4v) is 3.48. The Bertz CT molecular complexity index is 878. The molecule has 9 nitrogen and oxygen atoms in total. The van der Waals surface area contributed by atoms with E-state index in [0.29, 0.717) is 54.7 Å². The summed E-state index contributed by atoms with van der Waals surface area (Å²) in [6.07, 6.45) is 3.38. The molecule has 144 valence electrons. The van der Waals surface area contributed by atoms with Gasteiger partial charge in [-0.3, -0.25) is 14.4 Å². The second-order valence-corrected chi connectivity index (χ2v) is 6.76. The number of aliphatic carboxylic acids is 1. The maximum Gasteiger partial charge on any atom is 0.323 e. The first kappa shape index (κ1) is 18.8. The maximum atomic E-state index is 12.9. The van der Waals surface area contributed by atoms with Crippen LogP contribution in [0.4, 0.5) is 0 Å². The molecule has 1 N–H and O–H groups in total. The number of aromatic nitrogens is 2. The molecule has 1 saturated heterocycles. The fourth-order valence-electron chi connectivity index (χ4n) is 3.48. The topological polar surface area (TPSA) is 117 Å². The van der Waals surface area contributed by atoms with Gasteiger partial charge in [0.25, 0.3) is 11.6 Å². The number of hydrogen-bond acceptors (Lipinski definition) is 6. The highest BCUT2D eigenvalue weighted by Crippen LogP contribution is 2.21. The number of pyridine rings is 1. The third-order valence-electron chi connectivity index (χ3n) is 4.89. The number of amides is 2. The van der Waals surface area contributed by atoms with Crippen molar-refractivity contribution in [1.82, 2.24) is 19.9 Å². The van der Waals surface area contributed by atoms with Gasteiger partial charge in [-0.05, 0) is 32.3 Å². The molecule has 0 aromatic carbocycles. The van der Waals surface area contributed by atoms with Crippen molar-refractivity contribution in [1.29, 1.82) is 0 Å². The number of hydrogen-bond donors (Lipinski definition) is 1. The van der Waals surface area contributed by atoms with E-state index in [-0.39, 0.29) is 24.4 Å². The summed E-state index contributed by atoms with van der Waals surface area (Å²) in [5.41, 5.74) is 1.53. The van der Waals surface area contributed by atoms with Crippen LogP contribution in [0.25, 0.3) is 11.1 Å². The van der Waals surface area contributed by atoms with E-state index in [2.05, 4.69) is 10.1 Å². The summed E-state index contributed by atoms with van der Waals surface area (Å²) >= 11 is 0. The first-order valence-corrected chi connectivity index (χ1v) is 8.87. The molecule has 2 aromatic heterocycles. The van der Waals surface area contributed by atoms with E-state index in [4.69, 9.17) is 9.63 Å². The number of carbonyl (C=O) groups excluding carboxylic acids is 2. The summed E-state index contributed by atoms with van der Waals surface area (Å²) in [5, 5.41) is 13.6. The molecule has 0 saturated carbocycles. The molecule has 3 rings (SSSR count). The summed E-state index contributed by atoms with van der Waals surface area (Å²) in [6.45, 7) is 3.85. The smallest absolute Gasteiger partial charge is 0.323 e. The van der Waals surface area contributed by atoms with Crippen molar-refractivity contribution in [3.63, 3.8) is 0 Å². The van der Waals surface area contributed by atoms with Gasteiger partial charge in [0.05, 0.1) is 16.6 Å². The normalized spacial score (nSPS) is 17.6. The zero-order chi connectivity index (χ0) is 19.6. The van der Waals surface area contributed by atoms with Gasteiger partial charge in [-0.15, -0.1) is 0 Å². The number of nitrogens with zero attached hydrogens (tertiary/aromatic N) is 4. The van der Waals surface area contributed by atoms with Crippen molar-refractivity contribution in [2.45, 2.75) is 39.2 Å². The van der Waals surface area contributed by atoms with E-state index in [1.807, 2.05) is 0 Å². The lowest BCUT2D eigenvalue weighted by Gasteiger charge is -2.28. The third-order valence-corrected chi connectivity index (χ3v) is 4.89. The Balaban J connectivity index is 1.72. The minimum atomic E-state index is -1.04. The second kappa shape index (κ2) is 7.73. The van der Waals surface area contributed by atoms with Gasteiger partial charge in [0, 0.05) is 32.3 Å². The van der Waals surface area contributed by atoms with Gasteiger partial charge in [0.15, 0.2) is 0 Å². The van der Waals surface area contributed by atoms with Gasteiger partial charge in [0.2, 0.25) is 5.91 Å². The van der Waals surface area contributed by atoms with E-state index >= 15 is 0 Å². The zero-order valence-electron chi connectivity index (χ0n) is 15.3. The molecular formula is C18H22N4O5. The maximum absolute atomic E-state index is 12.9. The van der Waals surface area contributed by atoms with E-state index in [1.165, 1.54) is 18.0 Å². The standard InChI is InChI=1S/C18H22N4O5/c1-11-15-8-13(9-19-17(15)27-20-11)18(26)21-6-3-4-14(5-7-21)22(12(2)23)10-16(24)25/h8-9,14H,3-7,10H2,1-2H3,(H,24,25). The van der Waals surface area contributed by atoms with Crippen LogP contribution in [0.15, 0.2) is 16.8 Å². The van der Waals surface area contributed by atoms with Crippen LogP contribution in [0.5, 0.6) is 0 Å². The predicted molar refractivity (Wildman–Crippen MR) is 95.1 cm³/mol. The van der Waals surface area contributed by atoms with Crippen LogP contribution in [0.3, 0.4) is 0 Å². The van der Waals surface area contributed by atoms with E-state index in [1.54, 1.807) is 17.9 Å². The van der Waals surface area contributed by atoms with Gasteiger partial charge >= 0.3 is 5.97 Å². The average Bonchev–Trinajstić information content (AvgIpc) is 2.84. The van der Waals surface area contributed by atoms with E-state index < -0.39 is 5.97 Å². The Morgan fingerprint density at radius 1 is 1.33 bits per heavy atom. The molecule has 1 unspecified atom stereocenters. The highest BCUT2D eigenvalue weighted by atomic mass is 16.5. The molecule has 1 aliphatic heterocycles. The van der Waals surface area contributed by atoms with Crippen LogP contribution in [0.2, 0.25) is 0 Å². The van der Waals surface area contributed by atoms with Crippen LogP contribution in [0, 0.1) is 6.92 Å². The highest BCUT2D eigenvalue weighted by Gasteiger charge is 2.28. The largest absolute Gasteiger partial charge is 0.480 e. The molecule has 3 heterocycles. The zero-order valence-corrected chi connectivity index (χ0v) is 15.3. The van der Waals surface area contributed by atoms with E-state index in [9.17, 15) is 14.4 Å². The van der Waals surface area contributed by atoms with Crippen molar-refractivity contribution >= 4 is 28.9 Å². The quantitative estimate of drug-likeness (QED) is 0.861. The Labute approximate surface area is 155 Å². The van der Waals surface area contributed by atoms with Crippen LogP contribution >= 0.6 is 0 Å². The van der Waals surface area contributed by atoms with Crippen molar-refractivity contribution in [3.05, 3.63) is 23.5 Å². The Hall–Kier alpha value is -2.97. The molecule has 1 fully saturated rings. The molecule has 0 bridgehead atoms. The lowest BCUT2D eigenvalue weighted by molar-refractivity contribution is -0.145. The molecule has 9 heteroatoms. The third kappa shape index (κ3) is 4.07. The lowest BCUT2D eigenvalue weighted by Crippen LogP contribution is -2.43. The van der Waals surface area contributed by atoms with Crippen molar-refractivity contribution < 1.29 is 24.0 Å². The number of aryl methyl sites for hydroxylation is 1. The molecule has 27 heavy (non-hydrogen) atoms. The van der Waals surface area contributed by atoms with Gasteiger partial charge in [-0.1, -0.05) is 5.16 Å². The first-order valence-electron chi connectivity index (χ1n) is 8.87. The molecular weight excluding hydrogens is 352 g/mol. The Morgan fingerprint density at radius 3 is 2.81 bits per heavy atom. The number of carboxylic acid groups (broad SMARTS) is 1. The Morgan fingerprint density at radius 2 is 2.11 bits per heavy atom. The van der Waals surface area contributed by atoms with Crippen molar-refractivity contribution in [2.75, 3.05) is 19.6 Å². The number of carboxylic acids is 1. The minimum absolute atomic E-state index is 0.141. The van der Waals surface area contributed by atoms with Crippen LogP contribution in [-0.4, -0.2) is 68.5 Å². The monoisotopic (exact) mass is 374 g/mol. The molecule has 1 atom stereocenters. The summed E-state index contributed by atoms with van der Waals surface area (Å²) in [6, 6.07) is 1.54. The lowest BCUT2D eigenvalue weighted by atomic mass is 10.1. The van der Waals surface area contributed by atoms with Crippen LogP contribution < -0.4 is 0 Å². The molecule has 0 aliphatic carbocycles. The summed E-state index contributed by atoms with van der Waals surface area (Å²) < 4.78 is 5.07. The van der Waals surface area contributed by atoms with Gasteiger partial charge < -0.3 is 19.4 Å². The molecule has 1 aliphatic rings. The molecule has 2 amide bonds. The minimum Gasteiger partial charge on any atom is -0.480 e. The average molecular weight is 374 g/mol. The SMILES string of the molecule is CC(=O)N(CC(=O)O)C1CCCN(C(=O)c2cnc3onc(C)c3c2)CC1. The fraction of sp³-hybridized carbons (Fsp3) is 0.500. The van der Waals surface area contributed by atoms with E-state index in [0.717, 1.165) is 0 Å². The number of fused-ring (bicyclic) bond motifs is 1.